The average molecular weight is 764 g/mol. The van der Waals surface area contributed by atoms with Crippen LogP contribution in [0.15, 0.2) is 0 Å². The molecule has 0 aliphatic heterocycles. The van der Waals surface area contributed by atoms with Crippen LogP contribution in [0.3, 0.4) is 0 Å². The summed E-state index contributed by atoms with van der Waals surface area (Å²) in [6.07, 6.45) is 0.134. The van der Waals surface area contributed by atoms with Crippen LogP contribution in [0.25, 0.3) is 0 Å². The first-order chi connectivity index (χ1) is 14.2. The monoisotopic (exact) mass is 764 g/mol. The molecule has 4 radical (unpaired) electrons. The standard InChI is InChI=1S/4C3H8O4S.Pb/c4*4-2-1-3-8(5,6)7;/h4*4H,1-3H2,(H,5,6,7);/p-4. The third kappa shape index (κ3) is 71.9. The van der Waals surface area contributed by atoms with Crippen LogP contribution in [0, 0.1) is 0 Å². The molecule has 21 heteroatoms. The van der Waals surface area contributed by atoms with Crippen molar-refractivity contribution in [2.24, 2.45) is 0 Å². The summed E-state index contributed by atoms with van der Waals surface area (Å²) in [6, 6.07) is 0. The van der Waals surface area contributed by atoms with Gasteiger partial charge in [-0.15, -0.1) is 0 Å². The Bertz CT molecular complexity index is 692. The summed E-state index contributed by atoms with van der Waals surface area (Å²) < 4.78 is 117. The van der Waals surface area contributed by atoms with Crippen LogP contribution in [-0.4, -0.2) is 149 Å². The molecule has 204 valence electrons. The van der Waals surface area contributed by atoms with Gasteiger partial charge in [0.2, 0.25) is 0 Å². The maximum absolute atomic E-state index is 9.72. The molecule has 0 aromatic heterocycles. The molecule has 0 aliphatic rings. The van der Waals surface area contributed by atoms with Gasteiger partial charge in [-0.1, -0.05) is 0 Å². The van der Waals surface area contributed by atoms with Gasteiger partial charge in [0.25, 0.3) is 0 Å². The van der Waals surface area contributed by atoms with Crippen LogP contribution in [0.4, 0.5) is 0 Å². The minimum Gasteiger partial charge on any atom is -0.748 e. The minimum atomic E-state index is -4.10. The van der Waals surface area contributed by atoms with Crippen molar-refractivity contribution in [2.45, 2.75) is 25.7 Å². The second kappa shape index (κ2) is 24.1. The van der Waals surface area contributed by atoms with E-state index in [1.165, 1.54) is 0 Å². The predicted octanol–water partition coefficient (Wildman–Crippen LogP) is -4.72. The first-order valence-electron chi connectivity index (χ1n) is 8.42. The maximum atomic E-state index is 9.72. The van der Waals surface area contributed by atoms with Gasteiger partial charge in [-0.25, -0.2) is 33.7 Å². The molecule has 0 aliphatic carbocycles. The van der Waals surface area contributed by atoms with Crippen molar-refractivity contribution in [2.75, 3.05) is 49.4 Å². The van der Waals surface area contributed by atoms with E-state index >= 15 is 0 Å². The molecule has 0 aromatic rings. The largest absolute Gasteiger partial charge is 0.748 e. The second-order valence-corrected chi connectivity index (χ2v) is 11.5. The molecule has 4 N–H and O–H groups in total. The molecule has 33 heavy (non-hydrogen) atoms. The first-order valence-corrected chi connectivity index (χ1v) is 14.7. The Labute approximate surface area is 214 Å². The molecule has 0 spiro atoms. The van der Waals surface area contributed by atoms with Crippen molar-refractivity contribution in [3.05, 3.63) is 0 Å². The fourth-order valence-electron chi connectivity index (χ4n) is 0.965. The average Bonchev–Trinajstić information content (AvgIpc) is 2.60. The van der Waals surface area contributed by atoms with E-state index in [9.17, 15) is 51.9 Å². The number of aliphatic hydroxyl groups is 4. The van der Waals surface area contributed by atoms with Crippen molar-refractivity contribution >= 4 is 67.8 Å². The summed E-state index contributed by atoms with van der Waals surface area (Å²) in [5.41, 5.74) is 0. The topological polar surface area (TPSA) is 310 Å². The second-order valence-electron chi connectivity index (χ2n) is 5.36. The zero-order chi connectivity index (χ0) is 26.5. The SMILES string of the molecule is O=S(=O)([O-])CCCO.O=S(=O)([O-])CCCO.O=S(=O)([O-])CCCO.O=S(=O)([O-])CCCO.[Pb]. The molecule has 0 bridgehead atoms. The summed E-state index contributed by atoms with van der Waals surface area (Å²) in [4.78, 5) is 0. The summed E-state index contributed by atoms with van der Waals surface area (Å²) in [7, 11) is -16.4. The van der Waals surface area contributed by atoms with Gasteiger partial charge >= 0.3 is 0 Å². The fourth-order valence-corrected chi connectivity index (χ4v) is 2.90. The molecule has 16 nitrogen and oxygen atoms in total. The molecule has 0 unspecified atom stereocenters. The van der Waals surface area contributed by atoms with Crippen molar-refractivity contribution in [1.29, 1.82) is 0 Å². The van der Waals surface area contributed by atoms with Gasteiger partial charge in [0, 0.05) is 76.7 Å². The van der Waals surface area contributed by atoms with Crippen LogP contribution >= 0.6 is 0 Å². The van der Waals surface area contributed by atoms with Gasteiger partial charge in [0.05, 0.1) is 40.5 Å². The van der Waals surface area contributed by atoms with Gasteiger partial charge in [0.15, 0.2) is 0 Å². The molecule has 0 saturated carbocycles. The first kappa shape index (κ1) is 43.5. The van der Waals surface area contributed by atoms with Gasteiger partial charge in [0.1, 0.15) is 0 Å². The molecule has 0 aromatic carbocycles. The summed E-state index contributed by atoms with van der Waals surface area (Å²) >= 11 is 0. The summed E-state index contributed by atoms with van der Waals surface area (Å²) in [5, 5.41) is 32.1. The minimum absolute atomic E-state index is 0. The predicted molar refractivity (Wildman–Crippen MR) is 111 cm³/mol. The van der Waals surface area contributed by atoms with Gasteiger partial charge in [-0.3, -0.25) is 0 Å². The Kier molecular flexibility index (Phi) is 31.8. The van der Waals surface area contributed by atoms with Crippen LogP contribution in [-0.2, 0) is 40.5 Å². The molecule has 0 amide bonds. The quantitative estimate of drug-likeness (QED) is 0.107. The molecular formula is C12H28O16PbS4-4. The number of hydrogen-bond acceptors (Lipinski definition) is 16. The van der Waals surface area contributed by atoms with Crippen LogP contribution in [0.5, 0.6) is 0 Å². The van der Waals surface area contributed by atoms with E-state index in [0.29, 0.717) is 0 Å². The Balaban J connectivity index is -0.000000105. The Morgan fingerprint density at radius 2 is 0.515 bits per heavy atom. The molecule has 0 atom stereocenters. The third-order valence-electron chi connectivity index (χ3n) is 2.21. The Hall–Kier alpha value is 0.402. The van der Waals surface area contributed by atoms with E-state index in [-0.39, 0.29) is 79.4 Å². The number of hydrogen-bond donors (Lipinski definition) is 4. The Morgan fingerprint density at radius 3 is 0.545 bits per heavy atom. The van der Waals surface area contributed by atoms with Crippen molar-refractivity contribution in [1.82, 2.24) is 0 Å². The van der Waals surface area contributed by atoms with E-state index in [1.54, 1.807) is 0 Å². The maximum Gasteiger partial charge on any atom is 0.0946 e. The van der Waals surface area contributed by atoms with Crippen LogP contribution in [0.1, 0.15) is 25.7 Å². The number of aliphatic hydroxyl groups excluding tert-OH is 4. The molecule has 0 saturated heterocycles. The van der Waals surface area contributed by atoms with Crippen molar-refractivity contribution in [3.63, 3.8) is 0 Å². The van der Waals surface area contributed by atoms with Crippen LogP contribution < -0.4 is 0 Å². The zero-order valence-corrected chi connectivity index (χ0v) is 24.5. The summed E-state index contributed by atoms with van der Waals surface area (Å²) in [6.45, 7) is -0.994. The zero-order valence-electron chi connectivity index (χ0n) is 17.3. The fraction of sp³-hybridized carbons (Fsp3) is 1.00. The van der Waals surface area contributed by atoms with Crippen molar-refractivity contribution in [3.8, 4) is 0 Å². The molecular weight excluding hydrogens is 736 g/mol. The van der Waals surface area contributed by atoms with Crippen LogP contribution in [0.2, 0.25) is 0 Å². The van der Waals surface area contributed by atoms with E-state index in [4.69, 9.17) is 20.4 Å². The Morgan fingerprint density at radius 1 is 0.394 bits per heavy atom. The molecule has 0 heterocycles. The number of rotatable bonds is 12. The van der Waals surface area contributed by atoms with Crippen molar-refractivity contribution < 1.29 is 72.3 Å². The normalized spacial score (nSPS) is 11.4. The summed E-state index contributed by atoms with van der Waals surface area (Å²) in [5.74, 6) is -1.88. The van der Waals surface area contributed by atoms with E-state index in [1.807, 2.05) is 0 Å². The van der Waals surface area contributed by atoms with Gasteiger partial charge in [-0.2, -0.15) is 0 Å². The smallest absolute Gasteiger partial charge is 0.0946 e. The van der Waals surface area contributed by atoms with E-state index in [2.05, 4.69) is 0 Å². The van der Waals surface area contributed by atoms with Gasteiger partial charge in [-0.05, 0) is 25.7 Å². The third-order valence-corrected chi connectivity index (χ3v) is 5.36. The molecule has 0 rings (SSSR count). The van der Waals surface area contributed by atoms with E-state index < -0.39 is 63.5 Å². The van der Waals surface area contributed by atoms with E-state index in [0.717, 1.165) is 0 Å². The van der Waals surface area contributed by atoms with Gasteiger partial charge < -0.3 is 38.6 Å². The molecule has 0 fully saturated rings.